The lowest BCUT2D eigenvalue weighted by Gasteiger charge is -2.16. The van der Waals surface area contributed by atoms with Crippen LogP contribution < -0.4 is 5.73 Å². The van der Waals surface area contributed by atoms with Crippen LogP contribution in [0.25, 0.3) is 0 Å². The molecule has 2 nitrogen and oxygen atoms in total. The summed E-state index contributed by atoms with van der Waals surface area (Å²) in [6.07, 6.45) is -5.60. The van der Waals surface area contributed by atoms with Gasteiger partial charge in [0.2, 0.25) is 0 Å². The lowest BCUT2D eigenvalue weighted by molar-refractivity contribution is -0.137. The number of nitrogen functional groups attached to an aromatic ring is 1. The number of anilines is 1. The van der Waals surface area contributed by atoms with Crippen molar-refractivity contribution in [2.24, 2.45) is 0 Å². The molecular weight excluding hydrogens is 275 g/mol. The van der Waals surface area contributed by atoms with Crippen molar-refractivity contribution >= 4 is 17.0 Å². The minimum Gasteiger partial charge on any atom is -0.398 e. The van der Waals surface area contributed by atoms with Gasteiger partial charge in [0.1, 0.15) is 6.10 Å². The van der Waals surface area contributed by atoms with Gasteiger partial charge in [-0.05, 0) is 42.1 Å². The van der Waals surface area contributed by atoms with Crippen molar-refractivity contribution in [2.45, 2.75) is 19.2 Å². The molecule has 0 aliphatic heterocycles. The molecule has 0 radical (unpaired) electrons. The van der Waals surface area contributed by atoms with Crippen LogP contribution in [0, 0.1) is 6.92 Å². The van der Waals surface area contributed by atoms with Gasteiger partial charge in [0.15, 0.2) is 0 Å². The van der Waals surface area contributed by atoms with E-state index in [4.69, 9.17) is 5.73 Å². The molecule has 1 unspecified atom stereocenters. The number of benzene rings is 1. The first-order valence-electron chi connectivity index (χ1n) is 5.49. The smallest absolute Gasteiger partial charge is 0.398 e. The molecule has 1 aromatic carbocycles. The molecule has 19 heavy (non-hydrogen) atoms. The van der Waals surface area contributed by atoms with Crippen molar-refractivity contribution in [3.05, 3.63) is 51.2 Å². The van der Waals surface area contributed by atoms with Crippen molar-refractivity contribution in [2.75, 3.05) is 5.73 Å². The molecule has 0 saturated carbocycles. The number of halogens is 3. The third kappa shape index (κ3) is 2.74. The molecule has 0 fully saturated rings. The SMILES string of the molecule is Cc1sccc1C(O)c1cc(C(F)(F)F)ccc1N. The molecule has 0 spiro atoms. The van der Waals surface area contributed by atoms with E-state index in [1.54, 1.807) is 18.4 Å². The number of thiophene rings is 1. The second-order valence-corrected chi connectivity index (χ2v) is 5.30. The maximum atomic E-state index is 12.7. The number of alkyl halides is 3. The lowest BCUT2D eigenvalue weighted by Crippen LogP contribution is -2.09. The van der Waals surface area contributed by atoms with Gasteiger partial charge >= 0.3 is 6.18 Å². The van der Waals surface area contributed by atoms with Gasteiger partial charge in [-0.1, -0.05) is 0 Å². The molecule has 0 bridgehead atoms. The Hall–Kier alpha value is -1.53. The van der Waals surface area contributed by atoms with Gasteiger partial charge in [-0.3, -0.25) is 0 Å². The van der Waals surface area contributed by atoms with Crippen molar-refractivity contribution in [3.8, 4) is 0 Å². The second kappa shape index (κ2) is 4.86. The summed E-state index contributed by atoms with van der Waals surface area (Å²) in [5, 5.41) is 12.0. The molecule has 6 heteroatoms. The van der Waals surface area contributed by atoms with Gasteiger partial charge < -0.3 is 10.8 Å². The van der Waals surface area contributed by atoms with Crippen LogP contribution in [0.5, 0.6) is 0 Å². The van der Waals surface area contributed by atoms with Gasteiger partial charge in [-0.25, -0.2) is 0 Å². The maximum Gasteiger partial charge on any atom is 0.416 e. The summed E-state index contributed by atoms with van der Waals surface area (Å²) in [6.45, 7) is 1.80. The highest BCUT2D eigenvalue weighted by Gasteiger charge is 2.31. The van der Waals surface area contributed by atoms with Crippen LogP contribution in [-0.4, -0.2) is 5.11 Å². The van der Waals surface area contributed by atoms with Crippen molar-refractivity contribution in [1.29, 1.82) is 0 Å². The van der Waals surface area contributed by atoms with Gasteiger partial charge in [-0.15, -0.1) is 11.3 Å². The third-order valence-corrected chi connectivity index (χ3v) is 3.76. The quantitative estimate of drug-likeness (QED) is 0.827. The zero-order valence-electron chi connectivity index (χ0n) is 10.0. The van der Waals surface area contributed by atoms with E-state index >= 15 is 0 Å². The first-order valence-corrected chi connectivity index (χ1v) is 6.37. The first-order chi connectivity index (χ1) is 8.80. The average molecular weight is 287 g/mol. The Labute approximate surface area is 112 Å². The Balaban J connectivity index is 2.47. The largest absolute Gasteiger partial charge is 0.416 e. The van der Waals surface area contributed by atoms with Crippen LogP contribution in [0.3, 0.4) is 0 Å². The summed E-state index contributed by atoms with van der Waals surface area (Å²) in [6, 6.07) is 4.66. The average Bonchev–Trinajstić information content (AvgIpc) is 2.73. The predicted octanol–water partition coefficient (Wildman–Crippen LogP) is 3.74. The van der Waals surface area contributed by atoms with Crippen LogP contribution in [0.4, 0.5) is 18.9 Å². The molecule has 0 amide bonds. The van der Waals surface area contributed by atoms with Crippen LogP contribution in [0.15, 0.2) is 29.6 Å². The van der Waals surface area contributed by atoms with E-state index in [1.165, 1.54) is 17.4 Å². The van der Waals surface area contributed by atoms with E-state index in [1.807, 2.05) is 0 Å². The summed E-state index contributed by atoms with van der Waals surface area (Å²) >= 11 is 1.42. The lowest BCUT2D eigenvalue weighted by atomic mass is 9.98. The van der Waals surface area contributed by atoms with E-state index < -0.39 is 17.8 Å². The summed E-state index contributed by atoms with van der Waals surface area (Å²) in [4.78, 5) is 0.851. The van der Waals surface area contributed by atoms with E-state index in [0.717, 1.165) is 17.0 Å². The Bertz CT molecular complexity index is 592. The topological polar surface area (TPSA) is 46.2 Å². The van der Waals surface area contributed by atoms with Gasteiger partial charge in [0, 0.05) is 16.1 Å². The number of nitrogens with two attached hydrogens (primary N) is 1. The van der Waals surface area contributed by atoms with Crippen LogP contribution in [-0.2, 0) is 6.18 Å². The van der Waals surface area contributed by atoms with Crippen LogP contribution in [0.2, 0.25) is 0 Å². The molecule has 102 valence electrons. The molecular formula is C13H12F3NOS. The zero-order chi connectivity index (χ0) is 14.2. The normalized spacial score (nSPS) is 13.5. The van der Waals surface area contributed by atoms with Crippen molar-refractivity contribution in [1.82, 2.24) is 0 Å². The van der Waals surface area contributed by atoms with E-state index in [9.17, 15) is 18.3 Å². The third-order valence-electron chi connectivity index (χ3n) is 2.90. The summed E-state index contributed by atoms with van der Waals surface area (Å²) in [5.74, 6) is 0. The van der Waals surface area contributed by atoms with E-state index in [-0.39, 0.29) is 11.3 Å². The highest BCUT2D eigenvalue weighted by atomic mass is 32.1. The molecule has 2 rings (SSSR count). The minimum absolute atomic E-state index is 0.0799. The second-order valence-electron chi connectivity index (χ2n) is 4.18. The Morgan fingerprint density at radius 1 is 1.21 bits per heavy atom. The molecule has 0 saturated heterocycles. The highest BCUT2D eigenvalue weighted by Crippen LogP contribution is 2.36. The molecule has 2 aromatic rings. The monoisotopic (exact) mass is 287 g/mol. The molecule has 3 N–H and O–H groups in total. The number of aliphatic hydroxyl groups excluding tert-OH is 1. The first kappa shape index (κ1) is 13.9. The molecule has 0 aliphatic rings. The van der Waals surface area contributed by atoms with Crippen LogP contribution >= 0.6 is 11.3 Å². The Kier molecular flexibility index (Phi) is 3.56. The molecule has 1 heterocycles. The molecule has 1 atom stereocenters. The van der Waals surface area contributed by atoms with Crippen molar-refractivity contribution in [3.63, 3.8) is 0 Å². The minimum atomic E-state index is -4.45. The summed E-state index contributed by atoms with van der Waals surface area (Å²) < 4.78 is 38.0. The summed E-state index contributed by atoms with van der Waals surface area (Å²) in [5.41, 5.74) is 5.65. The van der Waals surface area contributed by atoms with Gasteiger partial charge in [0.25, 0.3) is 0 Å². The Morgan fingerprint density at radius 2 is 1.89 bits per heavy atom. The number of aliphatic hydroxyl groups is 1. The summed E-state index contributed by atoms with van der Waals surface area (Å²) in [7, 11) is 0. The maximum absolute atomic E-state index is 12.7. The van der Waals surface area contributed by atoms with Crippen molar-refractivity contribution < 1.29 is 18.3 Å². The Morgan fingerprint density at radius 3 is 2.42 bits per heavy atom. The molecule has 0 aliphatic carbocycles. The van der Waals surface area contributed by atoms with Crippen LogP contribution in [0.1, 0.15) is 27.7 Å². The zero-order valence-corrected chi connectivity index (χ0v) is 10.8. The van der Waals surface area contributed by atoms with Gasteiger partial charge in [-0.2, -0.15) is 13.2 Å². The number of rotatable bonds is 2. The van der Waals surface area contributed by atoms with E-state index in [2.05, 4.69) is 0 Å². The number of hydrogen-bond acceptors (Lipinski definition) is 3. The predicted molar refractivity (Wildman–Crippen MR) is 69.0 cm³/mol. The number of aryl methyl sites for hydroxylation is 1. The standard InChI is InChI=1S/C13H12F3NOS/c1-7-9(4-5-19-7)12(18)10-6-8(13(14,15)16)2-3-11(10)17/h2-6,12,18H,17H2,1H3. The number of hydrogen-bond donors (Lipinski definition) is 2. The molecule has 1 aromatic heterocycles. The van der Waals surface area contributed by atoms with E-state index in [0.29, 0.717) is 5.56 Å². The van der Waals surface area contributed by atoms with Gasteiger partial charge in [0.05, 0.1) is 5.56 Å². The fourth-order valence-electron chi connectivity index (χ4n) is 1.83. The fraction of sp³-hybridized carbons (Fsp3) is 0.231. The fourth-order valence-corrected chi connectivity index (χ4v) is 2.57. The highest BCUT2D eigenvalue weighted by molar-refractivity contribution is 7.10.